The lowest BCUT2D eigenvalue weighted by Gasteiger charge is -2.05. The zero-order valence-electron chi connectivity index (χ0n) is 8.35. The van der Waals surface area contributed by atoms with E-state index >= 15 is 0 Å². The van der Waals surface area contributed by atoms with Gasteiger partial charge in [0.1, 0.15) is 5.69 Å². The van der Waals surface area contributed by atoms with Gasteiger partial charge < -0.3 is 5.73 Å². The third-order valence-corrected chi connectivity index (χ3v) is 2.89. The Bertz CT molecular complexity index is 526. The maximum atomic E-state index is 12.1. The Hall–Kier alpha value is -1.68. The van der Waals surface area contributed by atoms with Gasteiger partial charge in [-0.3, -0.25) is 9.78 Å². The molecule has 1 aromatic carbocycles. The molecule has 2 aromatic rings. The van der Waals surface area contributed by atoms with Crippen LogP contribution < -0.4 is 5.73 Å². The van der Waals surface area contributed by atoms with Crippen molar-refractivity contribution in [3.63, 3.8) is 0 Å². The fraction of sp³-hybridized carbons (Fsp3) is 0. The second-order valence-corrected chi connectivity index (χ2v) is 4.10. The monoisotopic (exact) mass is 276 g/mol. The maximum absolute atomic E-state index is 12.1. The van der Waals surface area contributed by atoms with E-state index < -0.39 is 0 Å². The van der Waals surface area contributed by atoms with E-state index in [1.165, 1.54) is 0 Å². The van der Waals surface area contributed by atoms with Gasteiger partial charge in [0.05, 0.1) is 5.69 Å². The fourth-order valence-electron chi connectivity index (χ4n) is 1.37. The average Bonchev–Trinajstić information content (AvgIpc) is 2.33. The van der Waals surface area contributed by atoms with Crippen molar-refractivity contribution in [1.82, 2.24) is 4.98 Å². The van der Waals surface area contributed by atoms with Gasteiger partial charge in [0.2, 0.25) is 5.78 Å². The molecule has 1 aromatic heterocycles. The number of hydrogen-bond donors (Lipinski definition) is 1. The lowest BCUT2D eigenvalue weighted by molar-refractivity contribution is 0.103. The molecule has 0 aliphatic rings. The van der Waals surface area contributed by atoms with Crippen LogP contribution in [0, 0.1) is 0 Å². The van der Waals surface area contributed by atoms with Crippen molar-refractivity contribution in [2.24, 2.45) is 0 Å². The van der Waals surface area contributed by atoms with Crippen LogP contribution in [0.25, 0.3) is 0 Å². The number of pyridine rings is 1. The summed E-state index contributed by atoms with van der Waals surface area (Å²) in [5.74, 6) is -0.167. The molecule has 4 heteroatoms. The Morgan fingerprint density at radius 2 is 2.00 bits per heavy atom. The quantitative estimate of drug-likeness (QED) is 0.678. The molecule has 2 N–H and O–H groups in total. The number of halogens is 1. The number of nitrogens with two attached hydrogens (primary N) is 1. The minimum absolute atomic E-state index is 0.167. The van der Waals surface area contributed by atoms with E-state index in [0.717, 1.165) is 0 Å². The predicted octanol–water partition coefficient (Wildman–Crippen LogP) is 2.66. The van der Waals surface area contributed by atoms with Crippen LogP contribution in [0.1, 0.15) is 16.1 Å². The Balaban J connectivity index is 2.46. The summed E-state index contributed by atoms with van der Waals surface area (Å²) in [6, 6.07) is 10.5. The highest BCUT2D eigenvalue weighted by Gasteiger charge is 2.14. The van der Waals surface area contributed by atoms with Crippen molar-refractivity contribution < 1.29 is 4.79 Å². The molecule has 0 unspecified atom stereocenters. The van der Waals surface area contributed by atoms with Gasteiger partial charge in [-0.1, -0.05) is 12.1 Å². The molecule has 0 radical (unpaired) electrons. The Morgan fingerprint density at radius 1 is 1.19 bits per heavy atom. The molecule has 0 saturated heterocycles. The molecule has 1 heterocycles. The van der Waals surface area contributed by atoms with Crippen LogP contribution in [-0.2, 0) is 0 Å². The van der Waals surface area contributed by atoms with Crippen LogP contribution in [0.3, 0.4) is 0 Å². The van der Waals surface area contributed by atoms with Crippen LogP contribution in [0.2, 0.25) is 0 Å². The highest BCUT2D eigenvalue weighted by Crippen LogP contribution is 2.24. The van der Waals surface area contributed by atoms with E-state index in [0.29, 0.717) is 21.4 Å². The summed E-state index contributed by atoms with van der Waals surface area (Å²) < 4.78 is 0.717. The summed E-state index contributed by atoms with van der Waals surface area (Å²) in [5, 5.41) is 0. The molecule has 0 atom stereocenters. The molecular weight excluding hydrogens is 268 g/mol. The molecule has 0 spiro atoms. The highest BCUT2D eigenvalue weighted by atomic mass is 79.9. The first-order chi connectivity index (χ1) is 7.70. The SMILES string of the molecule is Nc1c(Br)cccc1C(=O)c1ccccn1. The standard InChI is InChI=1S/C12H9BrN2O/c13-9-5-3-4-8(11(9)14)12(16)10-6-1-2-7-15-10/h1-7H,14H2. The Morgan fingerprint density at radius 3 is 2.69 bits per heavy atom. The molecule has 0 saturated carbocycles. The van der Waals surface area contributed by atoms with Gasteiger partial charge in [-0.05, 0) is 40.2 Å². The van der Waals surface area contributed by atoms with Crippen molar-refractivity contribution in [1.29, 1.82) is 0 Å². The van der Waals surface area contributed by atoms with Gasteiger partial charge >= 0.3 is 0 Å². The van der Waals surface area contributed by atoms with E-state index in [1.807, 2.05) is 0 Å². The van der Waals surface area contributed by atoms with Crippen LogP contribution in [0.5, 0.6) is 0 Å². The largest absolute Gasteiger partial charge is 0.397 e. The number of carbonyl (C=O) groups excluding carboxylic acids is 1. The fourth-order valence-corrected chi connectivity index (χ4v) is 1.74. The molecule has 3 nitrogen and oxygen atoms in total. The van der Waals surface area contributed by atoms with Crippen LogP contribution in [0.4, 0.5) is 5.69 Å². The number of hydrogen-bond acceptors (Lipinski definition) is 3. The van der Waals surface area contributed by atoms with Crippen molar-refractivity contribution in [2.75, 3.05) is 5.73 Å². The van der Waals surface area contributed by atoms with E-state index in [-0.39, 0.29) is 5.78 Å². The van der Waals surface area contributed by atoms with Crippen LogP contribution in [0.15, 0.2) is 47.1 Å². The maximum Gasteiger partial charge on any atom is 0.213 e. The minimum atomic E-state index is -0.167. The van der Waals surface area contributed by atoms with Gasteiger partial charge in [0.25, 0.3) is 0 Å². The van der Waals surface area contributed by atoms with E-state index in [4.69, 9.17) is 5.73 Å². The lowest BCUT2D eigenvalue weighted by atomic mass is 10.1. The number of aromatic nitrogens is 1. The molecule has 0 aliphatic carbocycles. The number of nitrogen functional groups attached to an aromatic ring is 1. The van der Waals surface area contributed by atoms with Crippen molar-refractivity contribution in [3.05, 3.63) is 58.3 Å². The first-order valence-corrected chi connectivity index (χ1v) is 5.49. The first-order valence-electron chi connectivity index (χ1n) is 4.70. The van der Waals surface area contributed by atoms with E-state index in [1.54, 1.807) is 42.6 Å². The topological polar surface area (TPSA) is 56.0 Å². The summed E-state index contributed by atoms with van der Waals surface area (Å²) in [6.45, 7) is 0. The zero-order valence-corrected chi connectivity index (χ0v) is 9.94. The molecule has 0 bridgehead atoms. The Kier molecular flexibility index (Phi) is 3.01. The molecule has 0 fully saturated rings. The summed E-state index contributed by atoms with van der Waals surface area (Å²) in [5.41, 5.74) is 7.13. The van der Waals surface area contributed by atoms with Gasteiger partial charge in [0.15, 0.2) is 0 Å². The lowest BCUT2D eigenvalue weighted by Crippen LogP contribution is -2.07. The molecular formula is C12H9BrN2O. The third-order valence-electron chi connectivity index (χ3n) is 2.20. The number of anilines is 1. The molecule has 16 heavy (non-hydrogen) atoms. The molecule has 0 amide bonds. The number of para-hydroxylation sites is 1. The van der Waals surface area contributed by atoms with Gasteiger partial charge in [-0.15, -0.1) is 0 Å². The van der Waals surface area contributed by atoms with Crippen molar-refractivity contribution >= 4 is 27.4 Å². The van der Waals surface area contributed by atoms with Crippen LogP contribution >= 0.6 is 15.9 Å². The predicted molar refractivity (Wildman–Crippen MR) is 66.2 cm³/mol. The average molecular weight is 277 g/mol. The third kappa shape index (κ3) is 1.97. The minimum Gasteiger partial charge on any atom is -0.397 e. The van der Waals surface area contributed by atoms with Crippen molar-refractivity contribution in [3.8, 4) is 0 Å². The van der Waals surface area contributed by atoms with Gasteiger partial charge in [-0.2, -0.15) is 0 Å². The number of nitrogens with zero attached hydrogens (tertiary/aromatic N) is 1. The first kappa shape index (κ1) is 10.8. The number of rotatable bonds is 2. The highest BCUT2D eigenvalue weighted by molar-refractivity contribution is 9.10. The molecule has 0 aliphatic heterocycles. The van der Waals surface area contributed by atoms with Gasteiger partial charge in [0, 0.05) is 16.2 Å². The van der Waals surface area contributed by atoms with E-state index in [9.17, 15) is 4.79 Å². The Labute approximate surface area is 101 Å². The second kappa shape index (κ2) is 4.45. The van der Waals surface area contributed by atoms with Crippen LogP contribution in [-0.4, -0.2) is 10.8 Å². The van der Waals surface area contributed by atoms with Gasteiger partial charge in [-0.25, -0.2) is 0 Å². The smallest absolute Gasteiger partial charge is 0.213 e. The zero-order chi connectivity index (χ0) is 11.5. The van der Waals surface area contributed by atoms with E-state index in [2.05, 4.69) is 20.9 Å². The number of carbonyl (C=O) groups is 1. The number of ketones is 1. The molecule has 80 valence electrons. The molecule has 2 rings (SSSR count). The number of benzene rings is 1. The van der Waals surface area contributed by atoms with Crippen molar-refractivity contribution in [2.45, 2.75) is 0 Å². The summed E-state index contributed by atoms with van der Waals surface area (Å²) in [4.78, 5) is 16.1. The summed E-state index contributed by atoms with van der Waals surface area (Å²) >= 11 is 3.29. The normalized spacial score (nSPS) is 10.1. The second-order valence-electron chi connectivity index (χ2n) is 3.25. The summed E-state index contributed by atoms with van der Waals surface area (Å²) in [7, 11) is 0. The summed E-state index contributed by atoms with van der Waals surface area (Å²) in [6.07, 6.45) is 1.58.